The normalized spacial score (nSPS) is 17.6. The number of aliphatic hydroxyl groups excluding tert-OH is 1. The maximum atomic E-state index is 9.02. The zero-order chi connectivity index (χ0) is 18.7. The topological polar surface area (TPSA) is 83.2 Å². The summed E-state index contributed by atoms with van der Waals surface area (Å²) in [6, 6.07) is 0. The second-order valence-corrected chi connectivity index (χ2v) is 7.31. The molecule has 1 aliphatic rings. The van der Waals surface area contributed by atoms with Crippen LogP contribution in [0.2, 0.25) is 0 Å². The van der Waals surface area contributed by atoms with Crippen molar-refractivity contribution in [1.29, 1.82) is 0 Å². The zero-order valence-corrected chi connectivity index (χ0v) is 16.2. The van der Waals surface area contributed by atoms with Crippen LogP contribution in [0.3, 0.4) is 0 Å². The predicted octanol–water partition coefficient (Wildman–Crippen LogP) is 1.20. The molecule has 26 heavy (non-hydrogen) atoms. The fourth-order valence-corrected chi connectivity index (χ4v) is 3.43. The summed E-state index contributed by atoms with van der Waals surface area (Å²) in [5, 5.41) is 17.3. The van der Waals surface area contributed by atoms with Gasteiger partial charge in [0.15, 0.2) is 0 Å². The summed E-state index contributed by atoms with van der Waals surface area (Å²) in [6.45, 7) is 7.08. The SMILES string of the molecule is Cc1nc(N(C)C)nc(N2CCC[C@@H](Cn3cc(CCO)nn3)C2)c1C. The molecule has 1 atom stereocenters. The van der Waals surface area contributed by atoms with Gasteiger partial charge < -0.3 is 14.9 Å². The fourth-order valence-electron chi connectivity index (χ4n) is 3.43. The average molecular weight is 359 g/mol. The van der Waals surface area contributed by atoms with Crippen molar-refractivity contribution in [3.8, 4) is 0 Å². The molecule has 1 N–H and O–H groups in total. The molecular weight excluding hydrogens is 330 g/mol. The number of nitrogens with zero attached hydrogens (tertiary/aromatic N) is 7. The molecule has 0 bridgehead atoms. The first-order valence-corrected chi connectivity index (χ1v) is 9.25. The van der Waals surface area contributed by atoms with Crippen molar-refractivity contribution in [2.24, 2.45) is 5.92 Å². The molecule has 3 rings (SSSR count). The molecule has 8 nitrogen and oxygen atoms in total. The molecule has 1 saturated heterocycles. The Morgan fingerprint density at radius 2 is 2.08 bits per heavy atom. The van der Waals surface area contributed by atoms with Crippen molar-refractivity contribution in [1.82, 2.24) is 25.0 Å². The lowest BCUT2D eigenvalue weighted by molar-refractivity contribution is 0.298. The van der Waals surface area contributed by atoms with E-state index in [-0.39, 0.29) is 6.61 Å². The van der Waals surface area contributed by atoms with Crippen molar-refractivity contribution < 1.29 is 5.11 Å². The largest absolute Gasteiger partial charge is 0.396 e. The van der Waals surface area contributed by atoms with Crippen molar-refractivity contribution >= 4 is 11.8 Å². The third kappa shape index (κ3) is 4.12. The van der Waals surface area contributed by atoms with Crippen LogP contribution in [-0.2, 0) is 13.0 Å². The molecule has 3 heterocycles. The first kappa shape index (κ1) is 18.6. The third-order valence-corrected chi connectivity index (χ3v) is 4.97. The molecular formula is C18H29N7O. The zero-order valence-electron chi connectivity index (χ0n) is 16.2. The average Bonchev–Trinajstić information content (AvgIpc) is 3.04. The second-order valence-electron chi connectivity index (χ2n) is 7.31. The van der Waals surface area contributed by atoms with Gasteiger partial charge in [-0.3, -0.25) is 4.68 Å². The van der Waals surface area contributed by atoms with Gasteiger partial charge in [0.25, 0.3) is 0 Å². The Labute approximate surface area is 154 Å². The number of aryl methyl sites for hydroxylation is 1. The molecule has 0 aliphatic carbocycles. The van der Waals surface area contributed by atoms with E-state index in [1.165, 1.54) is 6.42 Å². The van der Waals surface area contributed by atoms with E-state index in [0.29, 0.717) is 12.3 Å². The molecule has 1 aliphatic heterocycles. The minimum atomic E-state index is 0.108. The van der Waals surface area contributed by atoms with Crippen LogP contribution in [0.15, 0.2) is 6.20 Å². The van der Waals surface area contributed by atoms with Gasteiger partial charge in [-0.05, 0) is 32.6 Å². The Kier molecular flexibility index (Phi) is 5.70. The van der Waals surface area contributed by atoms with E-state index < -0.39 is 0 Å². The van der Waals surface area contributed by atoms with Gasteiger partial charge in [0.2, 0.25) is 5.95 Å². The minimum absolute atomic E-state index is 0.108. The van der Waals surface area contributed by atoms with Crippen LogP contribution in [0.25, 0.3) is 0 Å². The molecule has 0 amide bonds. The van der Waals surface area contributed by atoms with Gasteiger partial charge in [-0.2, -0.15) is 4.98 Å². The number of hydrogen-bond acceptors (Lipinski definition) is 7. The minimum Gasteiger partial charge on any atom is -0.396 e. The molecule has 2 aromatic rings. The number of aromatic nitrogens is 5. The summed E-state index contributed by atoms with van der Waals surface area (Å²) in [5.74, 6) is 2.31. The first-order valence-electron chi connectivity index (χ1n) is 9.25. The van der Waals surface area contributed by atoms with Crippen LogP contribution in [0.4, 0.5) is 11.8 Å². The number of rotatable bonds is 6. The Balaban J connectivity index is 1.73. The highest BCUT2D eigenvalue weighted by molar-refractivity contribution is 5.52. The number of hydrogen-bond donors (Lipinski definition) is 1. The molecule has 1 fully saturated rings. The Hall–Kier alpha value is -2.22. The summed E-state index contributed by atoms with van der Waals surface area (Å²) in [6.07, 6.45) is 4.82. The van der Waals surface area contributed by atoms with Crippen LogP contribution in [0, 0.1) is 19.8 Å². The monoisotopic (exact) mass is 359 g/mol. The Bertz CT molecular complexity index is 743. The quantitative estimate of drug-likeness (QED) is 0.830. The Morgan fingerprint density at radius 1 is 1.27 bits per heavy atom. The summed E-state index contributed by atoms with van der Waals surface area (Å²) in [7, 11) is 3.95. The van der Waals surface area contributed by atoms with Gasteiger partial charge >= 0.3 is 0 Å². The molecule has 0 radical (unpaired) electrons. The van der Waals surface area contributed by atoms with E-state index in [4.69, 9.17) is 10.1 Å². The summed E-state index contributed by atoms with van der Waals surface area (Å²) in [5.41, 5.74) is 3.03. The number of anilines is 2. The fraction of sp³-hybridized carbons (Fsp3) is 0.667. The van der Waals surface area contributed by atoms with Gasteiger partial charge in [-0.15, -0.1) is 5.10 Å². The molecule has 142 valence electrons. The highest BCUT2D eigenvalue weighted by Crippen LogP contribution is 2.27. The van der Waals surface area contributed by atoms with E-state index >= 15 is 0 Å². The van der Waals surface area contributed by atoms with Crippen LogP contribution in [0.5, 0.6) is 0 Å². The van der Waals surface area contributed by atoms with Crippen LogP contribution in [0.1, 0.15) is 29.8 Å². The molecule has 0 unspecified atom stereocenters. The van der Waals surface area contributed by atoms with Crippen molar-refractivity contribution in [3.63, 3.8) is 0 Å². The van der Waals surface area contributed by atoms with Crippen LogP contribution in [-0.4, -0.2) is 63.9 Å². The molecule has 0 aromatic carbocycles. The van der Waals surface area contributed by atoms with Crippen LogP contribution >= 0.6 is 0 Å². The Morgan fingerprint density at radius 3 is 2.81 bits per heavy atom. The summed E-state index contributed by atoms with van der Waals surface area (Å²) in [4.78, 5) is 13.7. The number of aliphatic hydroxyl groups is 1. The van der Waals surface area contributed by atoms with Gasteiger partial charge in [0, 0.05) is 64.2 Å². The van der Waals surface area contributed by atoms with Gasteiger partial charge in [-0.25, -0.2) is 4.98 Å². The maximum absolute atomic E-state index is 9.02. The van der Waals surface area contributed by atoms with Crippen molar-refractivity contribution in [3.05, 3.63) is 23.1 Å². The second kappa shape index (κ2) is 7.99. The summed E-state index contributed by atoms with van der Waals surface area (Å²) >= 11 is 0. The highest BCUT2D eigenvalue weighted by Gasteiger charge is 2.24. The van der Waals surface area contributed by atoms with Crippen molar-refractivity contribution in [2.45, 2.75) is 39.7 Å². The van der Waals surface area contributed by atoms with E-state index in [2.05, 4.69) is 27.1 Å². The predicted molar refractivity (Wildman–Crippen MR) is 102 cm³/mol. The van der Waals surface area contributed by atoms with Crippen LogP contribution < -0.4 is 9.80 Å². The lowest BCUT2D eigenvalue weighted by Gasteiger charge is -2.34. The lowest BCUT2D eigenvalue weighted by atomic mass is 9.97. The molecule has 0 saturated carbocycles. The molecule has 8 heteroatoms. The third-order valence-electron chi connectivity index (χ3n) is 4.97. The van der Waals surface area contributed by atoms with Gasteiger partial charge in [0.05, 0.1) is 5.69 Å². The standard InChI is InChI=1S/C18H29N7O/c1-13-14(2)19-18(23(3)4)20-17(13)24-8-5-6-15(10-24)11-25-12-16(7-9-26)21-22-25/h12,15,26H,5-11H2,1-4H3/t15-/m1/s1. The van der Waals surface area contributed by atoms with Gasteiger partial charge in [-0.1, -0.05) is 5.21 Å². The number of piperidine rings is 1. The van der Waals surface area contributed by atoms with Gasteiger partial charge in [0.1, 0.15) is 5.82 Å². The summed E-state index contributed by atoms with van der Waals surface area (Å²) < 4.78 is 1.91. The van der Waals surface area contributed by atoms with E-state index in [9.17, 15) is 0 Å². The lowest BCUT2D eigenvalue weighted by Crippen LogP contribution is -2.38. The highest BCUT2D eigenvalue weighted by atomic mass is 16.3. The van der Waals surface area contributed by atoms with E-state index in [0.717, 1.165) is 54.8 Å². The molecule has 2 aromatic heterocycles. The van der Waals surface area contributed by atoms with E-state index in [1.54, 1.807) is 0 Å². The smallest absolute Gasteiger partial charge is 0.227 e. The maximum Gasteiger partial charge on any atom is 0.227 e. The first-order chi connectivity index (χ1) is 12.5. The molecule has 0 spiro atoms. The van der Waals surface area contributed by atoms with E-state index in [1.807, 2.05) is 36.8 Å². The van der Waals surface area contributed by atoms with Crippen molar-refractivity contribution in [2.75, 3.05) is 43.6 Å².